The lowest BCUT2D eigenvalue weighted by Crippen LogP contribution is -2.39. The second-order valence-electron chi connectivity index (χ2n) is 4.90. The van der Waals surface area contributed by atoms with Crippen molar-refractivity contribution in [2.45, 2.75) is 19.4 Å². The van der Waals surface area contributed by atoms with Crippen molar-refractivity contribution in [1.29, 1.82) is 0 Å². The molecule has 2 rings (SSSR count). The lowest BCUT2D eigenvalue weighted by atomic mass is 10.0. The maximum absolute atomic E-state index is 12.1. The first-order valence-corrected chi connectivity index (χ1v) is 6.55. The molecular formula is C14H18N2O4. The van der Waals surface area contributed by atoms with Gasteiger partial charge in [-0.25, -0.2) is 4.79 Å². The Labute approximate surface area is 117 Å². The summed E-state index contributed by atoms with van der Waals surface area (Å²) in [4.78, 5) is 22.5. The molecule has 1 aromatic carbocycles. The van der Waals surface area contributed by atoms with Crippen LogP contribution in [0.15, 0.2) is 24.3 Å². The van der Waals surface area contributed by atoms with Crippen molar-refractivity contribution < 1.29 is 19.4 Å². The number of carboxylic acids is 1. The lowest BCUT2D eigenvalue weighted by Gasteiger charge is -2.15. The van der Waals surface area contributed by atoms with E-state index in [1.165, 1.54) is 0 Å². The van der Waals surface area contributed by atoms with Gasteiger partial charge >= 0.3 is 5.97 Å². The van der Waals surface area contributed by atoms with Crippen LogP contribution in [0, 0.1) is 5.92 Å². The summed E-state index contributed by atoms with van der Waals surface area (Å²) in [6.07, 6.45) is 0.986. The molecule has 20 heavy (non-hydrogen) atoms. The van der Waals surface area contributed by atoms with Crippen molar-refractivity contribution in [3.8, 4) is 5.75 Å². The van der Waals surface area contributed by atoms with Gasteiger partial charge in [0, 0.05) is 11.8 Å². The molecule has 1 saturated heterocycles. The molecule has 1 aliphatic rings. The van der Waals surface area contributed by atoms with Crippen LogP contribution in [0.3, 0.4) is 0 Å². The number of ether oxygens (including phenoxy) is 1. The Bertz CT molecular complexity index is 504. The van der Waals surface area contributed by atoms with Crippen LogP contribution in [0.4, 0.5) is 5.69 Å². The normalized spacial score (nSPS) is 21.4. The van der Waals surface area contributed by atoms with Crippen LogP contribution in [0.1, 0.15) is 13.3 Å². The van der Waals surface area contributed by atoms with Gasteiger partial charge in [0.05, 0.1) is 6.04 Å². The highest BCUT2D eigenvalue weighted by Crippen LogP contribution is 2.20. The largest absolute Gasteiger partial charge is 0.482 e. The van der Waals surface area contributed by atoms with Crippen molar-refractivity contribution >= 4 is 17.6 Å². The highest BCUT2D eigenvalue weighted by Gasteiger charge is 2.29. The van der Waals surface area contributed by atoms with Crippen LogP contribution in [0.5, 0.6) is 5.75 Å². The van der Waals surface area contributed by atoms with Gasteiger partial charge in [-0.05, 0) is 31.0 Å². The summed E-state index contributed by atoms with van der Waals surface area (Å²) in [6, 6.07) is 6.53. The van der Waals surface area contributed by atoms with Crippen LogP contribution >= 0.6 is 0 Å². The fraction of sp³-hybridized carbons (Fsp3) is 0.429. The second-order valence-corrected chi connectivity index (χ2v) is 4.90. The minimum absolute atomic E-state index is 0.0783. The topological polar surface area (TPSA) is 87.7 Å². The molecule has 1 aliphatic heterocycles. The molecule has 0 radical (unpaired) electrons. The van der Waals surface area contributed by atoms with Gasteiger partial charge in [0.25, 0.3) is 0 Å². The average molecular weight is 278 g/mol. The Hall–Kier alpha value is -2.08. The fourth-order valence-corrected chi connectivity index (χ4v) is 2.21. The molecule has 1 aromatic rings. The SMILES string of the molecule is CC1CCNC1C(=O)Nc1cccc(OCC(=O)O)c1. The molecule has 108 valence electrons. The van der Waals surface area contributed by atoms with Crippen molar-refractivity contribution in [1.82, 2.24) is 5.32 Å². The number of hydrogen-bond acceptors (Lipinski definition) is 4. The zero-order valence-electron chi connectivity index (χ0n) is 11.3. The van der Waals surface area contributed by atoms with Crippen molar-refractivity contribution in [3.05, 3.63) is 24.3 Å². The van der Waals surface area contributed by atoms with E-state index in [-0.39, 0.29) is 11.9 Å². The van der Waals surface area contributed by atoms with E-state index in [9.17, 15) is 9.59 Å². The minimum Gasteiger partial charge on any atom is -0.482 e. The number of aliphatic carboxylic acids is 1. The van der Waals surface area contributed by atoms with Crippen LogP contribution in [0.25, 0.3) is 0 Å². The molecule has 0 aromatic heterocycles. The second kappa shape index (κ2) is 6.38. The molecule has 2 atom stereocenters. The number of amides is 1. The standard InChI is InChI=1S/C14H18N2O4/c1-9-5-6-15-13(9)14(19)16-10-3-2-4-11(7-10)20-8-12(17)18/h2-4,7,9,13,15H,5-6,8H2,1H3,(H,16,19)(H,17,18). The van der Waals surface area contributed by atoms with E-state index in [0.29, 0.717) is 17.4 Å². The van der Waals surface area contributed by atoms with E-state index in [1.807, 2.05) is 6.92 Å². The van der Waals surface area contributed by atoms with E-state index in [0.717, 1.165) is 13.0 Å². The van der Waals surface area contributed by atoms with Crippen molar-refractivity contribution in [2.24, 2.45) is 5.92 Å². The summed E-state index contributed by atoms with van der Waals surface area (Å²) < 4.78 is 5.07. The highest BCUT2D eigenvalue weighted by atomic mass is 16.5. The third-order valence-corrected chi connectivity index (χ3v) is 3.28. The highest BCUT2D eigenvalue weighted by molar-refractivity contribution is 5.95. The maximum Gasteiger partial charge on any atom is 0.341 e. The number of rotatable bonds is 5. The number of nitrogens with one attached hydrogen (secondary N) is 2. The Balaban J connectivity index is 1.96. The summed E-state index contributed by atoms with van der Waals surface area (Å²) in [5, 5.41) is 14.5. The molecule has 6 heteroatoms. The Morgan fingerprint density at radius 2 is 2.30 bits per heavy atom. The summed E-state index contributed by atoms with van der Waals surface area (Å²) in [6.45, 7) is 2.48. The van der Waals surface area contributed by atoms with Crippen LogP contribution in [0.2, 0.25) is 0 Å². The van der Waals surface area contributed by atoms with E-state index in [1.54, 1.807) is 24.3 Å². The Kier molecular flexibility index (Phi) is 4.57. The van der Waals surface area contributed by atoms with Gasteiger partial charge in [-0.1, -0.05) is 13.0 Å². The predicted octanol–water partition coefficient (Wildman–Crippen LogP) is 1.09. The molecule has 1 amide bonds. The molecule has 0 bridgehead atoms. The third kappa shape index (κ3) is 3.71. The molecular weight excluding hydrogens is 260 g/mol. The summed E-state index contributed by atoms with van der Waals surface area (Å²) >= 11 is 0. The van der Waals surface area contributed by atoms with Gasteiger partial charge in [0.1, 0.15) is 5.75 Å². The molecule has 3 N–H and O–H groups in total. The molecule has 2 unspecified atom stereocenters. The molecule has 0 spiro atoms. The third-order valence-electron chi connectivity index (χ3n) is 3.28. The number of carbonyl (C=O) groups is 2. The smallest absolute Gasteiger partial charge is 0.341 e. The van der Waals surface area contributed by atoms with Crippen molar-refractivity contribution in [2.75, 3.05) is 18.5 Å². The van der Waals surface area contributed by atoms with Gasteiger partial charge in [-0.3, -0.25) is 4.79 Å². The number of carbonyl (C=O) groups excluding carboxylic acids is 1. The van der Waals surface area contributed by atoms with Gasteiger partial charge < -0.3 is 20.5 Å². The summed E-state index contributed by atoms with van der Waals surface area (Å²) in [7, 11) is 0. The number of anilines is 1. The minimum atomic E-state index is -1.04. The quantitative estimate of drug-likeness (QED) is 0.750. The van der Waals surface area contributed by atoms with Gasteiger partial charge in [0.2, 0.25) is 5.91 Å². The average Bonchev–Trinajstić information content (AvgIpc) is 2.83. The maximum atomic E-state index is 12.1. The van der Waals surface area contributed by atoms with Gasteiger partial charge in [0.15, 0.2) is 6.61 Å². The molecule has 0 aliphatic carbocycles. The summed E-state index contributed by atoms with van der Waals surface area (Å²) in [5.74, 6) is -0.395. The number of carboxylic acid groups (broad SMARTS) is 1. The predicted molar refractivity (Wildman–Crippen MR) is 73.8 cm³/mol. The van der Waals surface area contributed by atoms with Crippen molar-refractivity contribution in [3.63, 3.8) is 0 Å². The van der Waals surface area contributed by atoms with Crippen LogP contribution < -0.4 is 15.4 Å². The Morgan fingerprint density at radius 1 is 1.50 bits per heavy atom. The van der Waals surface area contributed by atoms with E-state index in [4.69, 9.17) is 9.84 Å². The monoisotopic (exact) mass is 278 g/mol. The Morgan fingerprint density at radius 3 is 2.95 bits per heavy atom. The van der Waals surface area contributed by atoms with E-state index >= 15 is 0 Å². The molecule has 6 nitrogen and oxygen atoms in total. The number of benzene rings is 1. The van der Waals surface area contributed by atoms with Gasteiger partial charge in [-0.2, -0.15) is 0 Å². The van der Waals surface area contributed by atoms with E-state index in [2.05, 4.69) is 10.6 Å². The van der Waals surface area contributed by atoms with E-state index < -0.39 is 12.6 Å². The fourth-order valence-electron chi connectivity index (χ4n) is 2.21. The molecule has 1 heterocycles. The van der Waals surface area contributed by atoms with Gasteiger partial charge in [-0.15, -0.1) is 0 Å². The summed E-state index contributed by atoms with van der Waals surface area (Å²) in [5.41, 5.74) is 0.596. The first kappa shape index (κ1) is 14.3. The zero-order valence-corrected chi connectivity index (χ0v) is 11.3. The molecule has 0 saturated carbocycles. The molecule has 1 fully saturated rings. The first-order valence-electron chi connectivity index (χ1n) is 6.55. The van der Waals surface area contributed by atoms with Crippen LogP contribution in [-0.4, -0.2) is 36.2 Å². The zero-order chi connectivity index (χ0) is 14.5. The lowest BCUT2D eigenvalue weighted by molar-refractivity contribution is -0.139. The van der Waals surface area contributed by atoms with Crippen LogP contribution in [-0.2, 0) is 9.59 Å². The number of hydrogen-bond donors (Lipinski definition) is 3. The first-order chi connectivity index (χ1) is 9.56.